The molecule has 0 amide bonds. The Morgan fingerprint density at radius 3 is 2.78 bits per heavy atom. The molecule has 0 spiro atoms. The average Bonchev–Trinajstić information content (AvgIpc) is 3.14. The van der Waals surface area contributed by atoms with E-state index in [0.29, 0.717) is 0 Å². The van der Waals surface area contributed by atoms with Crippen molar-refractivity contribution in [1.82, 2.24) is 20.0 Å². The van der Waals surface area contributed by atoms with E-state index in [1.165, 1.54) is 17.0 Å². The molecule has 0 saturated carbocycles. The maximum absolute atomic E-state index is 5.27. The van der Waals surface area contributed by atoms with Gasteiger partial charge in [-0.05, 0) is 13.8 Å². The fourth-order valence-electron chi connectivity index (χ4n) is 3.17. The zero-order valence-electron chi connectivity index (χ0n) is 13.5. The molecule has 0 bridgehead atoms. The normalized spacial score (nSPS) is 14.9. The van der Waals surface area contributed by atoms with Crippen LogP contribution in [0.2, 0.25) is 0 Å². The number of nitrogens with one attached hydrogen (secondary N) is 1. The summed E-state index contributed by atoms with van der Waals surface area (Å²) in [6, 6.07) is 10.3. The van der Waals surface area contributed by atoms with Gasteiger partial charge >= 0.3 is 0 Å². The third kappa shape index (κ3) is 2.68. The molecule has 2 aromatic heterocycles. The molecule has 23 heavy (non-hydrogen) atoms. The van der Waals surface area contributed by atoms with Crippen LogP contribution in [0.1, 0.15) is 28.4 Å². The Labute approximate surface area is 135 Å². The summed E-state index contributed by atoms with van der Waals surface area (Å²) in [6.07, 6.45) is 0.974. The molecule has 0 radical (unpaired) electrons. The molecule has 118 valence electrons. The molecule has 5 nitrogen and oxygen atoms in total. The quantitative estimate of drug-likeness (QED) is 0.807. The lowest BCUT2D eigenvalue weighted by molar-refractivity contribution is 0.239. The summed E-state index contributed by atoms with van der Waals surface area (Å²) in [5.41, 5.74) is 5.75. The van der Waals surface area contributed by atoms with Crippen molar-refractivity contribution in [2.24, 2.45) is 0 Å². The van der Waals surface area contributed by atoms with Crippen molar-refractivity contribution >= 4 is 0 Å². The first-order chi connectivity index (χ1) is 11.2. The highest BCUT2D eigenvalue weighted by molar-refractivity contribution is 5.55. The van der Waals surface area contributed by atoms with E-state index in [2.05, 4.69) is 27.2 Å². The number of hydrogen-bond donors (Lipinski definition) is 1. The molecule has 0 unspecified atom stereocenters. The van der Waals surface area contributed by atoms with E-state index < -0.39 is 0 Å². The van der Waals surface area contributed by atoms with Crippen LogP contribution >= 0.6 is 0 Å². The van der Waals surface area contributed by atoms with Gasteiger partial charge in [0.1, 0.15) is 11.6 Å². The lowest BCUT2D eigenvalue weighted by Gasteiger charge is -2.25. The third-order valence-corrected chi connectivity index (χ3v) is 4.52. The standard InChI is InChI=1S/C18H20N4O/c1-12-15(13(2)23-21-12)10-22-9-8-16-17(11-22)20-18(19-16)14-6-4-3-5-7-14/h3-7H,8-11H2,1-2H3,(H,19,20). The van der Waals surface area contributed by atoms with Crippen molar-refractivity contribution in [3.05, 3.63) is 58.7 Å². The largest absolute Gasteiger partial charge is 0.361 e. The summed E-state index contributed by atoms with van der Waals surface area (Å²) in [5.74, 6) is 1.89. The second kappa shape index (κ2) is 5.66. The lowest BCUT2D eigenvalue weighted by atomic mass is 10.1. The Kier molecular flexibility index (Phi) is 3.50. The molecule has 4 rings (SSSR count). The topological polar surface area (TPSA) is 58.0 Å². The number of hydrogen-bond acceptors (Lipinski definition) is 4. The highest BCUT2D eigenvalue weighted by atomic mass is 16.5. The fraction of sp³-hybridized carbons (Fsp3) is 0.333. The van der Waals surface area contributed by atoms with Crippen LogP contribution in [0.3, 0.4) is 0 Å². The van der Waals surface area contributed by atoms with Gasteiger partial charge in [0, 0.05) is 37.2 Å². The molecule has 1 N–H and O–H groups in total. The summed E-state index contributed by atoms with van der Waals surface area (Å²) >= 11 is 0. The van der Waals surface area contributed by atoms with Crippen LogP contribution in [0, 0.1) is 13.8 Å². The number of benzene rings is 1. The first-order valence-electron chi connectivity index (χ1n) is 7.98. The smallest absolute Gasteiger partial charge is 0.138 e. The summed E-state index contributed by atoms with van der Waals surface area (Å²) in [4.78, 5) is 10.7. The molecule has 1 aromatic carbocycles. The number of imidazole rings is 1. The predicted octanol–water partition coefficient (Wildman–Crippen LogP) is 3.24. The van der Waals surface area contributed by atoms with Crippen LogP contribution in [0.15, 0.2) is 34.9 Å². The molecule has 0 fully saturated rings. The molecule has 0 atom stereocenters. The molecular formula is C18H20N4O. The highest BCUT2D eigenvalue weighted by Crippen LogP contribution is 2.24. The Morgan fingerprint density at radius 2 is 2.04 bits per heavy atom. The van der Waals surface area contributed by atoms with Gasteiger partial charge in [-0.1, -0.05) is 35.5 Å². The minimum absolute atomic E-state index is 0.875. The number of rotatable bonds is 3. The Hall–Kier alpha value is -2.40. The van der Waals surface area contributed by atoms with Crippen molar-refractivity contribution in [1.29, 1.82) is 0 Å². The summed E-state index contributed by atoms with van der Waals surface area (Å²) in [6.45, 7) is 6.76. The van der Waals surface area contributed by atoms with Crippen molar-refractivity contribution in [3.8, 4) is 11.4 Å². The minimum Gasteiger partial charge on any atom is -0.361 e. The van der Waals surface area contributed by atoms with Crippen LogP contribution in [-0.4, -0.2) is 26.6 Å². The van der Waals surface area contributed by atoms with Crippen LogP contribution in [0.5, 0.6) is 0 Å². The Bertz CT molecular complexity index is 799. The van der Waals surface area contributed by atoms with Gasteiger partial charge in [-0.25, -0.2) is 4.98 Å². The zero-order chi connectivity index (χ0) is 15.8. The van der Waals surface area contributed by atoms with E-state index in [1.807, 2.05) is 32.0 Å². The van der Waals surface area contributed by atoms with E-state index in [1.54, 1.807) is 0 Å². The summed E-state index contributed by atoms with van der Waals surface area (Å²) < 4.78 is 5.27. The van der Waals surface area contributed by atoms with Gasteiger partial charge in [-0.3, -0.25) is 4.90 Å². The summed E-state index contributed by atoms with van der Waals surface area (Å²) in [5, 5.41) is 4.05. The lowest BCUT2D eigenvalue weighted by Crippen LogP contribution is -2.30. The van der Waals surface area contributed by atoms with Gasteiger partial charge in [0.05, 0.1) is 17.1 Å². The maximum atomic E-state index is 5.27. The van der Waals surface area contributed by atoms with Crippen molar-refractivity contribution in [3.63, 3.8) is 0 Å². The Morgan fingerprint density at radius 1 is 1.22 bits per heavy atom. The van der Waals surface area contributed by atoms with Crippen LogP contribution in [0.4, 0.5) is 0 Å². The van der Waals surface area contributed by atoms with Gasteiger partial charge in [-0.15, -0.1) is 0 Å². The minimum atomic E-state index is 0.875. The Balaban J connectivity index is 1.55. The van der Waals surface area contributed by atoms with Gasteiger partial charge < -0.3 is 9.51 Å². The van der Waals surface area contributed by atoms with Crippen molar-refractivity contribution in [2.75, 3.05) is 6.54 Å². The van der Waals surface area contributed by atoms with Crippen LogP contribution < -0.4 is 0 Å². The average molecular weight is 308 g/mol. The van der Waals surface area contributed by atoms with Crippen molar-refractivity contribution in [2.45, 2.75) is 33.4 Å². The SMILES string of the molecule is Cc1noc(C)c1CN1CCc2nc(-c3ccccc3)[nH]c2C1. The molecule has 1 aliphatic heterocycles. The number of aryl methyl sites for hydroxylation is 2. The van der Waals surface area contributed by atoms with Gasteiger partial charge in [0.25, 0.3) is 0 Å². The van der Waals surface area contributed by atoms with E-state index in [-0.39, 0.29) is 0 Å². The molecule has 0 aliphatic carbocycles. The monoisotopic (exact) mass is 308 g/mol. The van der Waals surface area contributed by atoms with E-state index in [9.17, 15) is 0 Å². The molecule has 3 aromatic rings. The summed E-state index contributed by atoms with van der Waals surface area (Å²) in [7, 11) is 0. The molecule has 5 heteroatoms. The first kappa shape index (κ1) is 14.2. The van der Waals surface area contributed by atoms with Crippen LogP contribution in [-0.2, 0) is 19.5 Å². The van der Waals surface area contributed by atoms with Gasteiger partial charge in [-0.2, -0.15) is 0 Å². The number of aromatic nitrogens is 3. The molecule has 0 saturated heterocycles. The fourth-order valence-corrected chi connectivity index (χ4v) is 3.17. The predicted molar refractivity (Wildman–Crippen MR) is 87.8 cm³/mol. The molecule has 3 heterocycles. The number of H-pyrrole nitrogens is 1. The van der Waals surface area contributed by atoms with E-state index in [4.69, 9.17) is 9.51 Å². The number of fused-ring (bicyclic) bond motifs is 1. The second-order valence-electron chi connectivity index (χ2n) is 6.14. The van der Waals surface area contributed by atoms with E-state index in [0.717, 1.165) is 48.9 Å². The van der Waals surface area contributed by atoms with Crippen LogP contribution in [0.25, 0.3) is 11.4 Å². The van der Waals surface area contributed by atoms with Gasteiger partial charge in [0.2, 0.25) is 0 Å². The third-order valence-electron chi connectivity index (χ3n) is 4.52. The number of aromatic amines is 1. The van der Waals surface area contributed by atoms with Crippen molar-refractivity contribution < 1.29 is 4.52 Å². The second-order valence-corrected chi connectivity index (χ2v) is 6.14. The first-order valence-corrected chi connectivity index (χ1v) is 7.98. The highest BCUT2D eigenvalue weighted by Gasteiger charge is 2.22. The van der Waals surface area contributed by atoms with E-state index >= 15 is 0 Å². The zero-order valence-corrected chi connectivity index (χ0v) is 13.5. The number of nitrogens with zero attached hydrogens (tertiary/aromatic N) is 3. The molecule has 1 aliphatic rings. The van der Waals surface area contributed by atoms with Gasteiger partial charge in [0.15, 0.2) is 0 Å². The molecular weight excluding hydrogens is 288 g/mol. The maximum Gasteiger partial charge on any atom is 0.138 e.